The highest BCUT2D eigenvalue weighted by molar-refractivity contribution is 9.09. The van der Waals surface area contributed by atoms with Gasteiger partial charge in [-0.25, -0.2) is 0 Å². The van der Waals surface area contributed by atoms with E-state index >= 15 is 0 Å². The van der Waals surface area contributed by atoms with Crippen molar-refractivity contribution in [2.75, 3.05) is 38.2 Å². The van der Waals surface area contributed by atoms with Gasteiger partial charge in [0.1, 0.15) is 5.75 Å². The van der Waals surface area contributed by atoms with Crippen LogP contribution in [0.3, 0.4) is 0 Å². The number of hydrogen-bond donors (Lipinski definition) is 0. The van der Waals surface area contributed by atoms with Crippen LogP contribution in [0.5, 0.6) is 5.75 Å². The summed E-state index contributed by atoms with van der Waals surface area (Å²) in [6.07, 6.45) is 7.75. The maximum Gasteiger partial charge on any atom is 0.119 e. The predicted octanol–water partition coefficient (Wildman–Crippen LogP) is 4.63. The zero-order valence-electron chi connectivity index (χ0n) is 14.1. The van der Waals surface area contributed by atoms with E-state index in [0.717, 1.165) is 57.0 Å². The Kier molecular flexibility index (Phi) is 9.69. The molecule has 0 amide bonds. The van der Waals surface area contributed by atoms with Crippen molar-refractivity contribution in [2.24, 2.45) is 0 Å². The van der Waals surface area contributed by atoms with Crippen molar-refractivity contribution in [1.82, 2.24) is 4.90 Å². The molecule has 1 fully saturated rings. The largest absolute Gasteiger partial charge is 0.494 e. The fraction of sp³-hybridized carbons (Fsp3) is 0.684. The summed E-state index contributed by atoms with van der Waals surface area (Å²) in [4.78, 5) is 2.44. The minimum absolute atomic E-state index is 0.835. The Morgan fingerprint density at radius 2 is 1.57 bits per heavy atom. The first-order valence-corrected chi connectivity index (χ1v) is 10.1. The molecule has 0 unspecified atom stereocenters. The Labute approximate surface area is 149 Å². The highest BCUT2D eigenvalue weighted by atomic mass is 79.9. The summed E-state index contributed by atoms with van der Waals surface area (Å²) in [6, 6.07) is 8.58. The predicted molar refractivity (Wildman–Crippen MR) is 99.5 cm³/mol. The lowest BCUT2D eigenvalue weighted by molar-refractivity contribution is 0.0342. The summed E-state index contributed by atoms with van der Waals surface area (Å²) >= 11 is 3.47. The number of morpholine rings is 1. The monoisotopic (exact) mass is 383 g/mol. The van der Waals surface area contributed by atoms with Crippen LogP contribution >= 0.6 is 15.9 Å². The van der Waals surface area contributed by atoms with Crippen LogP contribution in [0, 0.1) is 0 Å². The first-order chi connectivity index (χ1) is 11.4. The minimum atomic E-state index is 0.835. The number of alkyl halides is 1. The second-order valence-electron chi connectivity index (χ2n) is 6.19. The highest BCUT2D eigenvalue weighted by Crippen LogP contribution is 2.15. The second-order valence-corrected chi connectivity index (χ2v) is 6.98. The quantitative estimate of drug-likeness (QED) is 0.410. The molecule has 4 heteroatoms. The maximum absolute atomic E-state index is 5.84. The van der Waals surface area contributed by atoms with Gasteiger partial charge in [0.2, 0.25) is 0 Å². The number of nitrogens with zero attached hydrogens (tertiary/aromatic N) is 1. The summed E-state index contributed by atoms with van der Waals surface area (Å²) in [5.74, 6) is 0.995. The summed E-state index contributed by atoms with van der Waals surface area (Å²) in [6.45, 7) is 5.63. The Balaban J connectivity index is 1.55. The van der Waals surface area contributed by atoms with Gasteiger partial charge in [-0.2, -0.15) is 0 Å². The van der Waals surface area contributed by atoms with Crippen molar-refractivity contribution in [3.05, 3.63) is 29.8 Å². The third-order valence-electron chi connectivity index (χ3n) is 4.23. The molecule has 3 nitrogen and oxygen atoms in total. The van der Waals surface area contributed by atoms with Crippen molar-refractivity contribution in [3.8, 4) is 5.75 Å². The summed E-state index contributed by atoms with van der Waals surface area (Å²) in [7, 11) is 0. The molecule has 130 valence electrons. The second kappa shape index (κ2) is 11.9. The van der Waals surface area contributed by atoms with E-state index < -0.39 is 0 Å². The van der Waals surface area contributed by atoms with E-state index in [-0.39, 0.29) is 0 Å². The van der Waals surface area contributed by atoms with E-state index in [4.69, 9.17) is 9.47 Å². The van der Waals surface area contributed by atoms with Crippen LogP contribution in [0.15, 0.2) is 24.3 Å². The highest BCUT2D eigenvalue weighted by Gasteiger charge is 2.10. The number of unbranched alkanes of at least 4 members (excludes halogenated alkanes) is 5. The van der Waals surface area contributed by atoms with Gasteiger partial charge in [0, 0.05) is 25.0 Å². The Hall–Kier alpha value is -0.580. The van der Waals surface area contributed by atoms with Gasteiger partial charge in [0.15, 0.2) is 0 Å². The van der Waals surface area contributed by atoms with Gasteiger partial charge in [-0.3, -0.25) is 4.90 Å². The van der Waals surface area contributed by atoms with Crippen molar-refractivity contribution in [3.63, 3.8) is 0 Å². The summed E-state index contributed by atoms with van der Waals surface area (Å²) in [5.41, 5.74) is 1.35. The topological polar surface area (TPSA) is 21.7 Å². The lowest BCUT2D eigenvalue weighted by Gasteiger charge is -2.26. The average molecular weight is 384 g/mol. The minimum Gasteiger partial charge on any atom is -0.494 e. The van der Waals surface area contributed by atoms with Crippen molar-refractivity contribution < 1.29 is 9.47 Å². The summed E-state index contributed by atoms with van der Waals surface area (Å²) in [5, 5.41) is 1.14. The van der Waals surface area contributed by atoms with Crippen LogP contribution in [0.1, 0.15) is 44.1 Å². The van der Waals surface area contributed by atoms with Crippen LogP contribution in [-0.4, -0.2) is 43.1 Å². The van der Waals surface area contributed by atoms with Crippen LogP contribution in [-0.2, 0) is 11.3 Å². The van der Waals surface area contributed by atoms with Gasteiger partial charge in [0.25, 0.3) is 0 Å². The molecule has 0 spiro atoms. The molecule has 0 saturated carbocycles. The lowest BCUT2D eigenvalue weighted by Crippen LogP contribution is -2.35. The fourth-order valence-corrected chi connectivity index (χ4v) is 3.20. The fourth-order valence-electron chi connectivity index (χ4n) is 2.80. The molecule has 1 aliphatic heterocycles. The molecule has 1 aromatic rings. The third-order valence-corrected chi connectivity index (χ3v) is 4.79. The number of benzene rings is 1. The van der Waals surface area contributed by atoms with Gasteiger partial charge >= 0.3 is 0 Å². The number of hydrogen-bond acceptors (Lipinski definition) is 3. The van der Waals surface area contributed by atoms with E-state index in [1.165, 1.54) is 37.7 Å². The standard InChI is InChI=1S/C19H30BrNO2/c20-11-5-3-1-2-4-6-14-23-19-9-7-18(8-10-19)17-21-12-15-22-16-13-21/h7-10H,1-6,11-17H2. The van der Waals surface area contributed by atoms with Gasteiger partial charge < -0.3 is 9.47 Å². The first-order valence-electron chi connectivity index (χ1n) is 8.96. The normalized spacial score (nSPS) is 15.7. The first kappa shape index (κ1) is 18.8. The molecular weight excluding hydrogens is 354 g/mol. The molecule has 23 heavy (non-hydrogen) atoms. The van der Waals surface area contributed by atoms with E-state index in [9.17, 15) is 0 Å². The molecule has 1 saturated heterocycles. The van der Waals surface area contributed by atoms with Crippen LogP contribution in [0.2, 0.25) is 0 Å². The van der Waals surface area contributed by atoms with E-state index in [1.54, 1.807) is 0 Å². The molecule has 0 radical (unpaired) electrons. The van der Waals surface area contributed by atoms with Crippen molar-refractivity contribution >= 4 is 15.9 Å². The van der Waals surface area contributed by atoms with Crippen molar-refractivity contribution in [1.29, 1.82) is 0 Å². The average Bonchev–Trinajstić information content (AvgIpc) is 2.60. The molecule has 0 N–H and O–H groups in total. The molecular formula is C19H30BrNO2. The van der Waals surface area contributed by atoms with E-state index in [1.807, 2.05) is 0 Å². The van der Waals surface area contributed by atoms with Crippen molar-refractivity contribution in [2.45, 2.75) is 45.1 Å². The van der Waals surface area contributed by atoms with Gasteiger partial charge in [-0.05, 0) is 30.5 Å². The number of ether oxygens (including phenoxy) is 2. The zero-order valence-corrected chi connectivity index (χ0v) is 15.7. The van der Waals surface area contributed by atoms with Gasteiger partial charge in [-0.1, -0.05) is 53.7 Å². The smallest absolute Gasteiger partial charge is 0.119 e. The Morgan fingerprint density at radius 3 is 2.26 bits per heavy atom. The van der Waals surface area contributed by atoms with E-state index in [0.29, 0.717) is 0 Å². The van der Waals surface area contributed by atoms with Crippen LogP contribution in [0.4, 0.5) is 0 Å². The van der Waals surface area contributed by atoms with E-state index in [2.05, 4.69) is 45.1 Å². The van der Waals surface area contributed by atoms with Crippen LogP contribution < -0.4 is 4.74 Å². The molecule has 0 atom stereocenters. The summed E-state index contributed by atoms with van der Waals surface area (Å²) < 4.78 is 11.2. The molecule has 2 rings (SSSR count). The maximum atomic E-state index is 5.84. The Morgan fingerprint density at radius 1 is 0.913 bits per heavy atom. The molecule has 0 bridgehead atoms. The SMILES string of the molecule is BrCCCCCCCCOc1ccc(CN2CCOCC2)cc1. The zero-order chi connectivity index (χ0) is 16.2. The lowest BCUT2D eigenvalue weighted by atomic mass is 10.1. The molecule has 1 aromatic carbocycles. The molecule has 1 aliphatic rings. The molecule has 0 aliphatic carbocycles. The van der Waals surface area contributed by atoms with Gasteiger partial charge in [-0.15, -0.1) is 0 Å². The number of halogens is 1. The molecule has 1 heterocycles. The molecule has 0 aromatic heterocycles. The van der Waals surface area contributed by atoms with Crippen LogP contribution in [0.25, 0.3) is 0 Å². The van der Waals surface area contributed by atoms with Gasteiger partial charge in [0.05, 0.1) is 19.8 Å². The third kappa shape index (κ3) is 8.18. The Bertz CT molecular complexity index is 404. The number of rotatable bonds is 11.